The fourth-order valence-corrected chi connectivity index (χ4v) is 2.48. The maximum atomic E-state index is 9.30. The van der Waals surface area contributed by atoms with Crippen molar-refractivity contribution in [1.82, 2.24) is 4.98 Å². The predicted molar refractivity (Wildman–Crippen MR) is 70.5 cm³/mol. The molecule has 0 radical (unpaired) electrons. The van der Waals surface area contributed by atoms with Gasteiger partial charge in [0, 0.05) is 18.3 Å². The van der Waals surface area contributed by atoms with Gasteiger partial charge in [-0.1, -0.05) is 0 Å². The first-order valence-corrected chi connectivity index (χ1v) is 6.43. The van der Waals surface area contributed by atoms with Crippen molar-refractivity contribution in [2.75, 3.05) is 18.1 Å². The van der Waals surface area contributed by atoms with Gasteiger partial charge >= 0.3 is 0 Å². The van der Waals surface area contributed by atoms with Crippen LogP contribution in [0, 0.1) is 25.2 Å². The highest BCUT2D eigenvalue weighted by molar-refractivity contribution is 5.62. The summed E-state index contributed by atoms with van der Waals surface area (Å²) in [5.41, 5.74) is 3.26. The fraction of sp³-hybridized carbons (Fsp3) is 0.571. The molecule has 1 aromatic rings. The molecule has 18 heavy (non-hydrogen) atoms. The second-order valence-electron chi connectivity index (χ2n) is 4.86. The molecule has 0 spiro atoms. The molecule has 4 heteroatoms. The maximum absolute atomic E-state index is 9.30. The van der Waals surface area contributed by atoms with E-state index in [1.165, 1.54) is 6.42 Å². The van der Waals surface area contributed by atoms with E-state index in [9.17, 15) is 10.4 Å². The van der Waals surface area contributed by atoms with Crippen molar-refractivity contribution in [3.05, 3.63) is 23.0 Å². The SMILES string of the molecule is Cc1cc(N(CCO)C2CCC2)c(C#N)c(C)n1. The topological polar surface area (TPSA) is 60.1 Å². The Hall–Kier alpha value is -1.60. The van der Waals surface area contributed by atoms with Crippen molar-refractivity contribution in [3.63, 3.8) is 0 Å². The first-order valence-electron chi connectivity index (χ1n) is 6.43. The average molecular weight is 245 g/mol. The van der Waals surface area contributed by atoms with E-state index in [4.69, 9.17) is 0 Å². The van der Waals surface area contributed by atoms with Crippen LogP contribution in [0.3, 0.4) is 0 Å². The van der Waals surface area contributed by atoms with Crippen LogP contribution in [0.1, 0.15) is 36.2 Å². The molecule has 96 valence electrons. The summed E-state index contributed by atoms with van der Waals surface area (Å²) in [5, 5.41) is 18.5. The summed E-state index contributed by atoms with van der Waals surface area (Å²) in [5.74, 6) is 0. The largest absolute Gasteiger partial charge is 0.395 e. The minimum absolute atomic E-state index is 0.113. The van der Waals surface area contributed by atoms with Gasteiger partial charge in [0.2, 0.25) is 0 Å². The number of aliphatic hydroxyl groups excluding tert-OH is 1. The van der Waals surface area contributed by atoms with E-state index in [1.54, 1.807) is 0 Å². The molecular formula is C14H19N3O. The molecule has 4 nitrogen and oxygen atoms in total. The lowest BCUT2D eigenvalue weighted by molar-refractivity contribution is 0.283. The van der Waals surface area contributed by atoms with Gasteiger partial charge in [0.05, 0.1) is 23.6 Å². The molecule has 0 amide bonds. The molecule has 1 aliphatic carbocycles. The Kier molecular flexibility index (Phi) is 3.83. The third-order valence-electron chi connectivity index (χ3n) is 3.59. The van der Waals surface area contributed by atoms with Gasteiger partial charge in [0.25, 0.3) is 0 Å². The van der Waals surface area contributed by atoms with E-state index in [0.717, 1.165) is 29.9 Å². The van der Waals surface area contributed by atoms with Crippen molar-refractivity contribution in [1.29, 1.82) is 5.26 Å². The number of nitriles is 1. The van der Waals surface area contributed by atoms with Crippen LogP contribution in [-0.2, 0) is 0 Å². The van der Waals surface area contributed by atoms with Gasteiger partial charge in [0.1, 0.15) is 6.07 Å². The number of pyridine rings is 1. The normalized spacial score (nSPS) is 15.0. The molecule has 0 aromatic carbocycles. The van der Waals surface area contributed by atoms with Gasteiger partial charge < -0.3 is 10.0 Å². The molecule has 1 saturated carbocycles. The van der Waals surface area contributed by atoms with Gasteiger partial charge in [-0.15, -0.1) is 0 Å². The van der Waals surface area contributed by atoms with Crippen LogP contribution in [0.2, 0.25) is 0 Å². The third-order valence-corrected chi connectivity index (χ3v) is 3.59. The van der Waals surface area contributed by atoms with Crippen LogP contribution in [0.4, 0.5) is 5.69 Å². The van der Waals surface area contributed by atoms with Crippen LogP contribution in [0.5, 0.6) is 0 Å². The van der Waals surface area contributed by atoms with Crippen molar-refractivity contribution in [2.24, 2.45) is 0 Å². The van der Waals surface area contributed by atoms with Crippen molar-refractivity contribution in [2.45, 2.75) is 39.2 Å². The number of hydrogen-bond donors (Lipinski definition) is 1. The summed E-state index contributed by atoms with van der Waals surface area (Å²) in [6.07, 6.45) is 3.52. The van der Waals surface area contributed by atoms with E-state index < -0.39 is 0 Å². The van der Waals surface area contributed by atoms with Crippen LogP contribution in [-0.4, -0.2) is 29.3 Å². The molecule has 0 saturated heterocycles. The number of hydrogen-bond acceptors (Lipinski definition) is 4. The zero-order valence-electron chi connectivity index (χ0n) is 11.0. The third kappa shape index (κ3) is 2.32. The maximum Gasteiger partial charge on any atom is 0.103 e. The average Bonchev–Trinajstić information content (AvgIpc) is 2.25. The standard InChI is InChI=1S/C14H19N3O/c1-10-8-14(13(9-15)11(2)16-10)17(6-7-18)12-4-3-5-12/h8,12,18H,3-7H2,1-2H3. The van der Waals surface area contributed by atoms with Gasteiger partial charge in [0.15, 0.2) is 0 Å². The van der Waals surface area contributed by atoms with Crippen LogP contribution >= 0.6 is 0 Å². The highest BCUT2D eigenvalue weighted by Crippen LogP contribution is 2.32. The minimum atomic E-state index is 0.113. The van der Waals surface area contributed by atoms with E-state index in [0.29, 0.717) is 18.2 Å². The summed E-state index contributed by atoms with van der Waals surface area (Å²) < 4.78 is 0. The van der Waals surface area contributed by atoms with Crippen LogP contribution in [0.25, 0.3) is 0 Å². The Labute approximate surface area is 108 Å². The highest BCUT2D eigenvalue weighted by atomic mass is 16.3. The molecule has 1 aromatic heterocycles. The highest BCUT2D eigenvalue weighted by Gasteiger charge is 2.27. The number of aliphatic hydroxyl groups is 1. The Morgan fingerprint density at radius 2 is 2.22 bits per heavy atom. The molecule has 0 atom stereocenters. The molecule has 1 heterocycles. The first kappa shape index (κ1) is 12.8. The lowest BCUT2D eigenvalue weighted by Crippen LogP contribution is -2.42. The number of aromatic nitrogens is 1. The second-order valence-corrected chi connectivity index (χ2v) is 4.86. The minimum Gasteiger partial charge on any atom is -0.395 e. The molecule has 0 aliphatic heterocycles. The van der Waals surface area contributed by atoms with Gasteiger partial charge in [-0.2, -0.15) is 5.26 Å². The van der Waals surface area contributed by atoms with E-state index in [2.05, 4.69) is 16.0 Å². The second kappa shape index (κ2) is 5.36. The van der Waals surface area contributed by atoms with Crippen molar-refractivity contribution < 1.29 is 5.11 Å². The summed E-state index contributed by atoms with van der Waals surface area (Å²) in [4.78, 5) is 6.51. The summed E-state index contributed by atoms with van der Waals surface area (Å²) in [7, 11) is 0. The van der Waals surface area contributed by atoms with Gasteiger partial charge in [-0.05, 0) is 39.2 Å². The smallest absolute Gasteiger partial charge is 0.103 e. The van der Waals surface area contributed by atoms with Gasteiger partial charge in [-0.25, -0.2) is 0 Å². The van der Waals surface area contributed by atoms with E-state index in [1.807, 2.05) is 19.9 Å². The predicted octanol–water partition coefficient (Wildman–Crippen LogP) is 1.92. The zero-order chi connectivity index (χ0) is 13.1. The lowest BCUT2D eigenvalue weighted by Gasteiger charge is -2.39. The number of nitrogens with zero attached hydrogens (tertiary/aromatic N) is 3. The molecule has 0 unspecified atom stereocenters. The fourth-order valence-electron chi connectivity index (χ4n) is 2.48. The first-order chi connectivity index (χ1) is 8.67. The molecule has 1 aliphatic rings. The zero-order valence-corrected chi connectivity index (χ0v) is 11.0. The van der Waals surface area contributed by atoms with Crippen molar-refractivity contribution in [3.8, 4) is 6.07 Å². The lowest BCUT2D eigenvalue weighted by atomic mass is 9.90. The van der Waals surface area contributed by atoms with E-state index in [-0.39, 0.29) is 6.61 Å². The number of rotatable bonds is 4. The van der Waals surface area contributed by atoms with Crippen LogP contribution in [0.15, 0.2) is 6.07 Å². The Morgan fingerprint density at radius 3 is 2.72 bits per heavy atom. The quantitative estimate of drug-likeness (QED) is 0.880. The molecule has 0 bridgehead atoms. The molecule has 2 rings (SSSR count). The summed E-state index contributed by atoms with van der Waals surface area (Å²) in [6.45, 7) is 4.51. The Bertz CT molecular complexity index is 475. The van der Waals surface area contributed by atoms with Crippen LogP contribution < -0.4 is 4.90 Å². The molecule has 1 fully saturated rings. The Morgan fingerprint density at radius 1 is 1.50 bits per heavy atom. The number of aryl methyl sites for hydroxylation is 2. The van der Waals surface area contributed by atoms with Crippen molar-refractivity contribution >= 4 is 5.69 Å². The van der Waals surface area contributed by atoms with E-state index >= 15 is 0 Å². The van der Waals surface area contributed by atoms with Gasteiger partial charge in [-0.3, -0.25) is 4.98 Å². The molecular weight excluding hydrogens is 226 g/mol. The summed E-state index contributed by atoms with van der Waals surface area (Å²) in [6, 6.07) is 4.67. The summed E-state index contributed by atoms with van der Waals surface area (Å²) >= 11 is 0. The monoisotopic (exact) mass is 245 g/mol. The Balaban J connectivity index is 2.42. The molecule has 1 N–H and O–H groups in total. The number of anilines is 1.